The maximum atomic E-state index is 11.3. The van der Waals surface area contributed by atoms with Gasteiger partial charge in [0.1, 0.15) is 13.2 Å². The molecule has 0 radical (unpaired) electrons. The number of nitriles is 1. The highest BCUT2D eigenvalue weighted by Gasteiger charge is 2.04. The molecule has 0 N–H and O–H groups in total. The minimum Gasteiger partial charge on any atom is -0.461 e. The molecule has 0 aliphatic carbocycles. The number of esters is 2. The van der Waals surface area contributed by atoms with E-state index in [-0.39, 0.29) is 11.9 Å². The van der Waals surface area contributed by atoms with Crippen molar-refractivity contribution in [2.45, 2.75) is 13.8 Å². The summed E-state index contributed by atoms with van der Waals surface area (Å²) in [7, 11) is 7.67. The quantitative estimate of drug-likeness (QED) is 0.267. The van der Waals surface area contributed by atoms with Crippen LogP contribution in [-0.4, -0.2) is 76.2 Å². The Morgan fingerprint density at radius 1 is 1.00 bits per heavy atom. The highest BCUT2D eigenvalue weighted by molar-refractivity contribution is 5.88. The lowest BCUT2D eigenvalue weighted by Crippen LogP contribution is -2.20. The second kappa shape index (κ2) is 16.1. The van der Waals surface area contributed by atoms with Crippen LogP contribution in [0.1, 0.15) is 13.8 Å². The summed E-state index contributed by atoms with van der Waals surface area (Å²) in [5.74, 6) is -0.661. The van der Waals surface area contributed by atoms with Crippen molar-refractivity contribution < 1.29 is 19.1 Å². The molecule has 0 rings (SSSR count). The van der Waals surface area contributed by atoms with Gasteiger partial charge in [-0.05, 0) is 42.0 Å². The van der Waals surface area contributed by atoms with E-state index in [1.165, 1.54) is 12.2 Å². The molecular weight excluding hydrogens is 334 g/mol. The molecule has 0 aliphatic rings. The Hall–Kier alpha value is -2.43. The second-order valence-corrected chi connectivity index (χ2v) is 6.00. The number of hydrogen-bond acceptors (Lipinski definition) is 7. The number of likely N-dealkylation sites (N-methyl/N-ethyl adjacent to an activating group) is 2. The molecule has 0 saturated carbocycles. The van der Waals surface area contributed by atoms with Crippen molar-refractivity contribution >= 4 is 11.9 Å². The smallest absolute Gasteiger partial charge is 0.333 e. The molecular formula is C19H31N3O4. The van der Waals surface area contributed by atoms with E-state index in [4.69, 9.17) is 14.7 Å². The number of nitrogens with zero attached hydrogens (tertiary/aromatic N) is 3. The van der Waals surface area contributed by atoms with Crippen molar-refractivity contribution in [1.29, 1.82) is 5.26 Å². The van der Waals surface area contributed by atoms with Crippen LogP contribution in [0.2, 0.25) is 0 Å². The van der Waals surface area contributed by atoms with Gasteiger partial charge in [0.25, 0.3) is 0 Å². The Morgan fingerprint density at radius 2 is 1.46 bits per heavy atom. The lowest BCUT2D eigenvalue weighted by Gasteiger charge is -2.09. The zero-order chi connectivity index (χ0) is 20.5. The van der Waals surface area contributed by atoms with Gasteiger partial charge in [-0.2, -0.15) is 5.26 Å². The van der Waals surface area contributed by atoms with Crippen molar-refractivity contribution in [2.75, 3.05) is 54.5 Å². The van der Waals surface area contributed by atoms with E-state index < -0.39 is 0 Å². The van der Waals surface area contributed by atoms with E-state index in [1.807, 2.05) is 44.1 Å². The first-order valence-corrected chi connectivity index (χ1v) is 8.14. The Bertz CT molecular complexity index is 543. The molecule has 0 saturated heterocycles. The molecule has 0 spiro atoms. The molecule has 0 heterocycles. The summed E-state index contributed by atoms with van der Waals surface area (Å²) in [6, 6.07) is 1.84. The fourth-order valence-corrected chi connectivity index (χ4v) is 1.18. The van der Waals surface area contributed by atoms with E-state index in [0.717, 1.165) is 6.54 Å². The molecule has 7 heteroatoms. The predicted molar refractivity (Wildman–Crippen MR) is 102 cm³/mol. The minimum atomic E-state index is -0.348. The summed E-state index contributed by atoms with van der Waals surface area (Å²) < 4.78 is 9.81. The molecule has 0 amide bonds. The molecule has 0 aliphatic heterocycles. The van der Waals surface area contributed by atoms with Crippen molar-refractivity contribution in [3.63, 3.8) is 0 Å². The third-order valence-electron chi connectivity index (χ3n) is 2.73. The third-order valence-corrected chi connectivity index (χ3v) is 2.73. The van der Waals surface area contributed by atoms with Crippen LogP contribution in [0.3, 0.4) is 0 Å². The van der Waals surface area contributed by atoms with Crippen LogP contribution in [0, 0.1) is 11.3 Å². The number of carbonyl (C=O) groups is 2. The summed E-state index contributed by atoms with van der Waals surface area (Å²) in [4.78, 5) is 26.0. The molecule has 146 valence electrons. The van der Waals surface area contributed by atoms with Crippen LogP contribution >= 0.6 is 0 Å². The van der Waals surface area contributed by atoms with E-state index >= 15 is 0 Å². The van der Waals surface area contributed by atoms with Gasteiger partial charge in [0, 0.05) is 30.3 Å². The van der Waals surface area contributed by atoms with Crippen LogP contribution in [-0.2, 0) is 19.1 Å². The molecule has 7 nitrogen and oxygen atoms in total. The number of allylic oxidation sites excluding steroid dienone is 3. The van der Waals surface area contributed by atoms with E-state index in [1.54, 1.807) is 19.9 Å². The maximum absolute atomic E-state index is 11.3. The van der Waals surface area contributed by atoms with E-state index in [2.05, 4.69) is 6.58 Å². The van der Waals surface area contributed by atoms with Gasteiger partial charge >= 0.3 is 11.9 Å². The Morgan fingerprint density at radius 3 is 1.85 bits per heavy atom. The lowest BCUT2D eigenvalue weighted by molar-refractivity contribution is -0.140. The van der Waals surface area contributed by atoms with E-state index in [9.17, 15) is 9.59 Å². The molecule has 26 heavy (non-hydrogen) atoms. The monoisotopic (exact) mass is 365 g/mol. The van der Waals surface area contributed by atoms with Crippen LogP contribution < -0.4 is 0 Å². The summed E-state index contributed by atoms with van der Waals surface area (Å²) in [6.07, 6.45) is 4.38. The van der Waals surface area contributed by atoms with Crippen molar-refractivity contribution in [3.05, 3.63) is 36.0 Å². The van der Waals surface area contributed by atoms with Crippen LogP contribution in [0.4, 0.5) is 0 Å². The molecule has 0 atom stereocenters. The third kappa shape index (κ3) is 17.9. The molecule has 0 aromatic heterocycles. The fraction of sp³-hybridized carbons (Fsp3) is 0.526. The van der Waals surface area contributed by atoms with Gasteiger partial charge in [-0.15, -0.1) is 0 Å². The first kappa shape index (κ1) is 25.8. The summed E-state index contributed by atoms with van der Waals surface area (Å²) in [5, 5.41) is 8.23. The maximum Gasteiger partial charge on any atom is 0.333 e. The van der Waals surface area contributed by atoms with Gasteiger partial charge in [0.2, 0.25) is 0 Å². The first-order chi connectivity index (χ1) is 12.1. The molecule has 0 unspecified atom stereocenters. The van der Waals surface area contributed by atoms with E-state index in [0.29, 0.717) is 30.9 Å². The minimum absolute atomic E-state index is 0.313. The molecule has 0 aromatic rings. The Balaban J connectivity index is 0. The average Bonchev–Trinajstić information content (AvgIpc) is 2.54. The SMILES string of the molecule is C=C(C)C(=O)OCCN(C)C.CC(=CC=CC#N)C(=O)OCCN(C)C. The second-order valence-electron chi connectivity index (χ2n) is 6.00. The lowest BCUT2D eigenvalue weighted by atomic mass is 10.3. The van der Waals surface area contributed by atoms with Crippen LogP contribution in [0.5, 0.6) is 0 Å². The number of rotatable bonds is 9. The first-order valence-electron chi connectivity index (χ1n) is 8.14. The summed E-state index contributed by atoms with van der Waals surface area (Å²) in [5.41, 5.74) is 0.934. The summed E-state index contributed by atoms with van der Waals surface area (Å²) in [6.45, 7) is 9.01. The summed E-state index contributed by atoms with van der Waals surface area (Å²) >= 11 is 0. The van der Waals surface area contributed by atoms with Gasteiger partial charge in [0.05, 0.1) is 6.07 Å². The highest BCUT2D eigenvalue weighted by atomic mass is 16.5. The van der Waals surface area contributed by atoms with Crippen LogP contribution in [0.25, 0.3) is 0 Å². The number of hydrogen-bond donors (Lipinski definition) is 0. The van der Waals surface area contributed by atoms with Crippen molar-refractivity contribution in [2.24, 2.45) is 0 Å². The average molecular weight is 365 g/mol. The van der Waals surface area contributed by atoms with Gasteiger partial charge in [-0.25, -0.2) is 9.59 Å². The molecule has 0 fully saturated rings. The van der Waals surface area contributed by atoms with Crippen molar-refractivity contribution in [3.8, 4) is 6.07 Å². The largest absolute Gasteiger partial charge is 0.461 e. The van der Waals surface area contributed by atoms with Gasteiger partial charge in [0.15, 0.2) is 0 Å². The highest BCUT2D eigenvalue weighted by Crippen LogP contribution is 1.97. The van der Waals surface area contributed by atoms with Crippen molar-refractivity contribution in [1.82, 2.24) is 9.80 Å². The number of carbonyl (C=O) groups excluding carboxylic acids is 2. The topological polar surface area (TPSA) is 82.9 Å². The predicted octanol–water partition coefficient (Wildman–Crippen LogP) is 1.78. The zero-order valence-electron chi connectivity index (χ0n) is 16.7. The van der Waals surface area contributed by atoms with Crippen LogP contribution in [0.15, 0.2) is 36.0 Å². The standard InChI is InChI=1S/C11H16N2O2.C8H15NO2/c1-10(6-4-5-7-12)11(14)15-9-8-13(2)3;1-7(2)8(10)11-6-5-9(3)4/h4-6H,8-9H2,1-3H3;1,5-6H2,2-4H3. The molecule has 0 bridgehead atoms. The van der Waals surface area contributed by atoms with Gasteiger partial charge in [-0.1, -0.05) is 18.7 Å². The van der Waals surface area contributed by atoms with Gasteiger partial charge < -0.3 is 19.3 Å². The van der Waals surface area contributed by atoms with Gasteiger partial charge in [-0.3, -0.25) is 0 Å². The fourth-order valence-electron chi connectivity index (χ4n) is 1.18. The zero-order valence-corrected chi connectivity index (χ0v) is 16.7. The molecule has 0 aromatic carbocycles. The Labute approximate surface area is 157 Å². The number of ether oxygens (including phenoxy) is 2. The Kier molecular flexibility index (Phi) is 15.9. The normalized spacial score (nSPS) is 11.0.